The van der Waals surface area contributed by atoms with Crippen LogP contribution in [-0.4, -0.2) is 30.7 Å². The van der Waals surface area contributed by atoms with Crippen molar-refractivity contribution in [2.24, 2.45) is 5.73 Å². The minimum absolute atomic E-state index is 0.455. The van der Waals surface area contributed by atoms with Crippen LogP contribution in [0.5, 0.6) is 11.5 Å². The topological polar surface area (TPSA) is 70.3 Å². The van der Waals surface area contributed by atoms with Crippen molar-refractivity contribution < 1.29 is 9.47 Å². The van der Waals surface area contributed by atoms with Gasteiger partial charge in [-0.05, 0) is 30.7 Å². The molecule has 106 valence electrons. The van der Waals surface area contributed by atoms with Gasteiger partial charge < -0.3 is 15.2 Å². The van der Waals surface area contributed by atoms with Crippen LogP contribution in [0.15, 0.2) is 24.5 Å². The number of ether oxygens (including phenoxy) is 2. The van der Waals surface area contributed by atoms with Crippen molar-refractivity contribution in [3.8, 4) is 22.9 Å². The van der Waals surface area contributed by atoms with Gasteiger partial charge in [-0.2, -0.15) is 0 Å². The molecule has 0 unspecified atom stereocenters. The summed E-state index contributed by atoms with van der Waals surface area (Å²) in [5.74, 6) is 1.62. The lowest BCUT2D eigenvalue weighted by molar-refractivity contribution is 0.355. The van der Waals surface area contributed by atoms with Crippen molar-refractivity contribution in [1.82, 2.24) is 9.97 Å². The van der Waals surface area contributed by atoms with Crippen molar-refractivity contribution in [3.05, 3.63) is 35.1 Å². The maximum Gasteiger partial charge on any atom is 0.179 e. The van der Waals surface area contributed by atoms with Crippen LogP contribution in [-0.2, 0) is 6.42 Å². The predicted molar refractivity (Wildman–Crippen MR) is 78.3 cm³/mol. The molecule has 2 aromatic rings. The van der Waals surface area contributed by atoms with Gasteiger partial charge >= 0.3 is 0 Å². The molecule has 0 atom stereocenters. The largest absolute Gasteiger partial charge is 0.493 e. The first kappa shape index (κ1) is 14.6. The molecule has 0 saturated heterocycles. The fraction of sp³-hybridized carbons (Fsp3) is 0.286. The summed E-state index contributed by atoms with van der Waals surface area (Å²) in [6.07, 6.45) is 4.28. The van der Waals surface area contributed by atoms with Crippen molar-refractivity contribution >= 4 is 11.6 Å². The van der Waals surface area contributed by atoms with Crippen LogP contribution in [0.4, 0.5) is 0 Å². The number of nitrogens with zero attached hydrogens (tertiary/aromatic N) is 2. The Balaban J connectivity index is 2.39. The molecule has 20 heavy (non-hydrogen) atoms. The van der Waals surface area contributed by atoms with Gasteiger partial charge in [-0.25, -0.2) is 9.97 Å². The highest BCUT2D eigenvalue weighted by Gasteiger charge is 2.13. The van der Waals surface area contributed by atoms with Crippen LogP contribution in [0.3, 0.4) is 0 Å². The van der Waals surface area contributed by atoms with E-state index in [-0.39, 0.29) is 0 Å². The van der Waals surface area contributed by atoms with Crippen LogP contribution in [0.2, 0.25) is 5.02 Å². The molecule has 0 radical (unpaired) electrons. The quantitative estimate of drug-likeness (QED) is 0.916. The van der Waals surface area contributed by atoms with Gasteiger partial charge in [0, 0.05) is 18.0 Å². The monoisotopic (exact) mass is 293 g/mol. The zero-order valence-corrected chi connectivity index (χ0v) is 12.1. The number of aromatic nitrogens is 2. The Hall–Kier alpha value is -1.85. The summed E-state index contributed by atoms with van der Waals surface area (Å²) in [6, 6.07) is 3.55. The molecule has 1 heterocycles. The molecule has 2 rings (SSSR count). The highest BCUT2D eigenvalue weighted by molar-refractivity contribution is 6.32. The van der Waals surface area contributed by atoms with Crippen LogP contribution in [0.25, 0.3) is 11.4 Å². The fourth-order valence-corrected chi connectivity index (χ4v) is 2.13. The Labute approximate surface area is 122 Å². The average molecular weight is 294 g/mol. The lowest BCUT2D eigenvalue weighted by Gasteiger charge is -2.11. The maximum atomic E-state index is 6.17. The minimum atomic E-state index is 0.455. The molecule has 2 N–H and O–H groups in total. The third-order valence-corrected chi connectivity index (χ3v) is 3.11. The van der Waals surface area contributed by atoms with Gasteiger partial charge in [0.1, 0.15) is 0 Å². The van der Waals surface area contributed by atoms with E-state index in [1.165, 1.54) is 0 Å². The number of nitrogens with two attached hydrogens (primary N) is 1. The lowest BCUT2D eigenvalue weighted by atomic mass is 10.1. The Bertz CT molecular complexity index is 588. The highest BCUT2D eigenvalue weighted by atomic mass is 35.5. The van der Waals surface area contributed by atoms with Gasteiger partial charge in [0.15, 0.2) is 17.3 Å². The van der Waals surface area contributed by atoms with Crippen LogP contribution in [0.1, 0.15) is 5.56 Å². The predicted octanol–water partition coefficient (Wildman–Crippen LogP) is 2.32. The molecule has 0 saturated carbocycles. The summed E-state index contributed by atoms with van der Waals surface area (Å²) in [7, 11) is 3.10. The van der Waals surface area contributed by atoms with Crippen molar-refractivity contribution in [2.75, 3.05) is 20.8 Å². The van der Waals surface area contributed by atoms with Gasteiger partial charge in [0.25, 0.3) is 0 Å². The first-order valence-corrected chi connectivity index (χ1v) is 6.50. The summed E-state index contributed by atoms with van der Waals surface area (Å²) >= 11 is 6.17. The molecule has 5 nitrogen and oxygen atoms in total. The van der Waals surface area contributed by atoms with Crippen LogP contribution >= 0.6 is 11.6 Å². The molecule has 0 aliphatic rings. The smallest absolute Gasteiger partial charge is 0.179 e. The van der Waals surface area contributed by atoms with Gasteiger partial charge in [0.05, 0.1) is 19.2 Å². The van der Waals surface area contributed by atoms with Gasteiger partial charge in [-0.3, -0.25) is 0 Å². The van der Waals surface area contributed by atoms with E-state index in [9.17, 15) is 0 Å². The zero-order valence-electron chi connectivity index (χ0n) is 11.4. The summed E-state index contributed by atoms with van der Waals surface area (Å²) in [6.45, 7) is 0.574. The van der Waals surface area contributed by atoms with Crippen molar-refractivity contribution in [2.45, 2.75) is 6.42 Å². The van der Waals surface area contributed by atoms with E-state index in [0.29, 0.717) is 28.9 Å². The number of rotatable bonds is 5. The molecular weight excluding hydrogens is 278 g/mol. The first-order valence-electron chi connectivity index (χ1n) is 6.12. The van der Waals surface area contributed by atoms with Crippen LogP contribution in [0, 0.1) is 0 Å². The number of halogens is 1. The molecule has 0 bridgehead atoms. The Morgan fingerprint density at radius 2 is 1.85 bits per heavy atom. The number of benzene rings is 1. The Kier molecular flexibility index (Phi) is 4.76. The SMILES string of the molecule is COc1cc(-c2ncc(CCN)cn2)cc(Cl)c1OC. The summed E-state index contributed by atoms with van der Waals surface area (Å²) < 4.78 is 10.5. The first-order chi connectivity index (χ1) is 9.69. The van der Waals surface area contributed by atoms with Gasteiger partial charge in [-0.1, -0.05) is 11.6 Å². The number of hydrogen-bond donors (Lipinski definition) is 1. The molecule has 0 aliphatic carbocycles. The van der Waals surface area contributed by atoms with E-state index in [0.717, 1.165) is 17.5 Å². The van der Waals surface area contributed by atoms with E-state index in [1.807, 2.05) is 0 Å². The summed E-state index contributed by atoms with van der Waals surface area (Å²) in [5, 5.41) is 0.455. The third-order valence-electron chi connectivity index (χ3n) is 2.83. The third kappa shape index (κ3) is 3.00. The van der Waals surface area contributed by atoms with E-state index in [2.05, 4.69) is 9.97 Å². The highest BCUT2D eigenvalue weighted by Crippen LogP contribution is 2.38. The van der Waals surface area contributed by atoms with E-state index in [4.69, 9.17) is 26.8 Å². The second kappa shape index (κ2) is 6.54. The second-order valence-corrected chi connectivity index (χ2v) is 4.55. The normalized spacial score (nSPS) is 10.4. The van der Waals surface area contributed by atoms with E-state index >= 15 is 0 Å². The number of methoxy groups -OCH3 is 2. The molecule has 1 aromatic heterocycles. The molecule has 0 spiro atoms. The second-order valence-electron chi connectivity index (χ2n) is 4.15. The zero-order chi connectivity index (χ0) is 14.5. The van der Waals surface area contributed by atoms with Crippen LogP contribution < -0.4 is 15.2 Å². The molecule has 0 aliphatic heterocycles. The number of hydrogen-bond acceptors (Lipinski definition) is 5. The van der Waals surface area contributed by atoms with Crippen molar-refractivity contribution in [3.63, 3.8) is 0 Å². The fourth-order valence-electron chi connectivity index (χ4n) is 1.85. The molecule has 1 aromatic carbocycles. The standard InChI is InChI=1S/C14H16ClN3O2/c1-19-12-6-10(5-11(15)13(12)20-2)14-17-7-9(3-4-16)8-18-14/h5-8H,3-4,16H2,1-2H3. The van der Waals surface area contributed by atoms with E-state index < -0.39 is 0 Å². The maximum absolute atomic E-state index is 6.17. The Morgan fingerprint density at radius 1 is 1.15 bits per heavy atom. The molecular formula is C14H16ClN3O2. The van der Waals surface area contributed by atoms with Gasteiger partial charge in [-0.15, -0.1) is 0 Å². The Morgan fingerprint density at radius 3 is 2.40 bits per heavy atom. The van der Waals surface area contributed by atoms with E-state index in [1.54, 1.807) is 38.7 Å². The van der Waals surface area contributed by atoms with Gasteiger partial charge in [0.2, 0.25) is 0 Å². The van der Waals surface area contributed by atoms with Crippen molar-refractivity contribution in [1.29, 1.82) is 0 Å². The molecule has 0 fully saturated rings. The molecule has 6 heteroatoms. The summed E-state index contributed by atoms with van der Waals surface area (Å²) in [4.78, 5) is 8.64. The lowest BCUT2D eigenvalue weighted by Crippen LogP contribution is -2.03. The minimum Gasteiger partial charge on any atom is -0.493 e. The summed E-state index contributed by atoms with van der Waals surface area (Å²) in [5.41, 5.74) is 7.27. The molecule has 0 amide bonds. The average Bonchev–Trinajstić information content (AvgIpc) is 2.47.